The zero-order valence-electron chi connectivity index (χ0n) is 16.6. The number of benzene rings is 2. The molecule has 13 heteroatoms. The Bertz CT molecular complexity index is 1300. The van der Waals surface area contributed by atoms with Crippen LogP contribution >= 0.6 is 11.6 Å². The van der Waals surface area contributed by atoms with Crippen molar-refractivity contribution < 1.29 is 31.1 Å². The van der Waals surface area contributed by atoms with E-state index in [-0.39, 0.29) is 5.69 Å². The zero-order chi connectivity index (χ0) is 23.4. The van der Waals surface area contributed by atoms with Crippen molar-refractivity contribution in [3.05, 3.63) is 46.9 Å². The van der Waals surface area contributed by atoms with Crippen LogP contribution in [0.15, 0.2) is 30.5 Å². The molecule has 1 aliphatic heterocycles. The van der Waals surface area contributed by atoms with E-state index in [9.17, 15) is 31.1 Å². The molecule has 0 atom stereocenters. The van der Waals surface area contributed by atoms with Gasteiger partial charge in [-0.3, -0.25) is 0 Å². The molecule has 0 amide bonds. The Hall–Kier alpha value is -2.57. The average molecular weight is 493 g/mol. The summed E-state index contributed by atoms with van der Waals surface area (Å²) >= 11 is 6.39. The van der Waals surface area contributed by atoms with Gasteiger partial charge in [-0.25, -0.2) is 17.5 Å². The van der Waals surface area contributed by atoms with Crippen molar-refractivity contribution in [3.8, 4) is 11.4 Å². The molecule has 0 unspecified atom stereocenters. The number of alkyl halides is 3. The standard InChI is InChI=1S/C19H17ClF4N4O3S/c1-32(30,31)27-4-2-26(3-5-27)16-6-11-10-28(25-15(11)9-14(16)20)12-7-13(19(22,23)24)18(21)17(29)8-12/h6-10,29H,2-5H2,1H3. The quantitative estimate of drug-likeness (QED) is 0.565. The van der Waals surface area contributed by atoms with Crippen molar-refractivity contribution >= 4 is 38.2 Å². The minimum atomic E-state index is -4.99. The number of aromatic hydroxyl groups is 1. The van der Waals surface area contributed by atoms with Crippen molar-refractivity contribution in [2.45, 2.75) is 6.18 Å². The summed E-state index contributed by atoms with van der Waals surface area (Å²) in [6.45, 7) is 1.41. The van der Waals surface area contributed by atoms with E-state index in [1.807, 2.05) is 4.90 Å². The number of rotatable bonds is 3. The molecule has 1 aliphatic rings. The van der Waals surface area contributed by atoms with Gasteiger partial charge in [0.25, 0.3) is 0 Å². The molecule has 0 saturated carbocycles. The highest BCUT2D eigenvalue weighted by Gasteiger charge is 2.36. The first-order valence-corrected chi connectivity index (χ1v) is 11.6. The summed E-state index contributed by atoms with van der Waals surface area (Å²) in [5, 5.41) is 14.7. The van der Waals surface area contributed by atoms with Crippen LogP contribution in [0, 0.1) is 5.82 Å². The van der Waals surface area contributed by atoms with E-state index < -0.39 is 33.3 Å². The molecule has 0 spiro atoms. The molecule has 0 aliphatic carbocycles. The molecule has 1 saturated heterocycles. The summed E-state index contributed by atoms with van der Waals surface area (Å²) < 4.78 is 78.9. The van der Waals surface area contributed by atoms with Gasteiger partial charge in [0.05, 0.1) is 33.7 Å². The second kappa shape index (κ2) is 7.78. The molecule has 0 bridgehead atoms. The van der Waals surface area contributed by atoms with Crippen LogP contribution in [-0.2, 0) is 16.2 Å². The second-order valence-electron chi connectivity index (χ2n) is 7.41. The van der Waals surface area contributed by atoms with Gasteiger partial charge in [-0.1, -0.05) is 11.6 Å². The van der Waals surface area contributed by atoms with Crippen LogP contribution in [-0.4, -0.2) is 60.0 Å². The predicted molar refractivity (Wildman–Crippen MR) is 111 cm³/mol. The summed E-state index contributed by atoms with van der Waals surface area (Å²) in [6.07, 6.45) is -2.41. The number of anilines is 1. The number of halogens is 5. The smallest absolute Gasteiger partial charge is 0.419 e. The first kappa shape index (κ1) is 22.6. The van der Waals surface area contributed by atoms with Crippen LogP contribution in [0.25, 0.3) is 16.6 Å². The third kappa shape index (κ3) is 4.21. The normalized spacial score (nSPS) is 16.1. The van der Waals surface area contributed by atoms with E-state index in [1.54, 1.807) is 12.1 Å². The molecule has 3 aromatic rings. The van der Waals surface area contributed by atoms with Crippen molar-refractivity contribution in [2.75, 3.05) is 37.3 Å². The number of sulfonamides is 1. The second-order valence-corrected chi connectivity index (χ2v) is 9.80. The number of phenolic OH excluding ortho intramolecular Hbond substituents is 1. The number of hydrogen-bond acceptors (Lipinski definition) is 5. The Morgan fingerprint density at radius 2 is 1.75 bits per heavy atom. The van der Waals surface area contributed by atoms with Crippen LogP contribution in [0.1, 0.15) is 5.56 Å². The molecule has 172 valence electrons. The van der Waals surface area contributed by atoms with Gasteiger partial charge in [-0.15, -0.1) is 0 Å². The first-order valence-electron chi connectivity index (χ1n) is 9.33. The van der Waals surface area contributed by atoms with E-state index in [0.29, 0.717) is 53.9 Å². The highest BCUT2D eigenvalue weighted by Crippen LogP contribution is 2.37. The fraction of sp³-hybridized carbons (Fsp3) is 0.316. The van der Waals surface area contributed by atoms with Crippen LogP contribution in [0.4, 0.5) is 23.2 Å². The van der Waals surface area contributed by atoms with Gasteiger partial charge >= 0.3 is 6.18 Å². The zero-order valence-corrected chi connectivity index (χ0v) is 18.1. The number of hydrogen-bond donors (Lipinski definition) is 1. The monoisotopic (exact) mass is 492 g/mol. The van der Waals surface area contributed by atoms with E-state index in [0.717, 1.165) is 17.0 Å². The molecular formula is C19H17ClF4N4O3S. The molecule has 1 fully saturated rings. The van der Waals surface area contributed by atoms with Crippen molar-refractivity contribution in [2.24, 2.45) is 0 Å². The first-order chi connectivity index (χ1) is 14.8. The van der Waals surface area contributed by atoms with Gasteiger partial charge in [0.15, 0.2) is 11.6 Å². The van der Waals surface area contributed by atoms with Crippen LogP contribution < -0.4 is 4.90 Å². The van der Waals surface area contributed by atoms with Crippen molar-refractivity contribution in [1.29, 1.82) is 0 Å². The molecule has 4 rings (SSSR count). The summed E-state index contributed by atoms with van der Waals surface area (Å²) in [6, 6.07) is 4.66. The Morgan fingerprint density at radius 3 is 2.34 bits per heavy atom. The lowest BCUT2D eigenvalue weighted by Crippen LogP contribution is -2.48. The largest absolute Gasteiger partial charge is 0.505 e. The minimum absolute atomic E-state index is 0.174. The molecule has 1 aromatic heterocycles. The fourth-order valence-electron chi connectivity index (χ4n) is 3.60. The Morgan fingerprint density at radius 1 is 1.09 bits per heavy atom. The molecule has 2 heterocycles. The molecule has 2 aromatic carbocycles. The van der Waals surface area contributed by atoms with E-state index in [2.05, 4.69) is 5.10 Å². The maximum absolute atomic E-state index is 13.7. The third-order valence-corrected chi connectivity index (χ3v) is 6.84. The highest BCUT2D eigenvalue weighted by molar-refractivity contribution is 7.88. The van der Waals surface area contributed by atoms with Gasteiger partial charge in [-0.05, 0) is 18.2 Å². The lowest BCUT2D eigenvalue weighted by molar-refractivity contribution is -0.140. The molecule has 7 nitrogen and oxygen atoms in total. The third-order valence-electron chi connectivity index (χ3n) is 5.23. The van der Waals surface area contributed by atoms with Gasteiger partial charge in [-0.2, -0.15) is 22.6 Å². The van der Waals surface area contributed by atoms with Gasteiger partial charge in [0.1, 0.15) is 0 Å². The van der Waals surface area contributed by atoms with Crippen molar-refractivity contribution in [1.82, 2.24) is 14.1 Å². The average Bonchev–Trinajstić information content (AvgIpc) is 3.10. The maximum atomic E-state index is 13.7. The van der Waals surface area contributed by atoms with Gasteiger partial charge < -0.3 is 10.0 Å². The lowest BCUT2D eigenvalue weighted by atomic mass is 10.1. The van der Waals surface area contributed by atoms with E-state index >= 15 is 0 Å². The lowest BCUT2D eigenvalue weighted by Gasteiger charge is -2.35. The Kier molecular flexibility index (Phi) is 5.50. The Labute approximate surface area is 185 Å². The highest BCUT2D eigenvalue weighted by atomic mass is 35.5. The molecular weight excluding hydrogens is 476 g/mol. The number of fused-ring (bicyclic) bond motifs is 1. The Balaban J connectivity index is 1.69. The molecule has 1 N–H and O–H groups in total. The minimum Gasteiger partial charge on any atom is -0.505 e. The predicted octanol–water partition coefficient (Wildman–Crippen LogP) is 3.62. The fourth-order valence-corrected chi connectivity index (χ4v) is 4.71. The molecule has 32 heavy (non-hydrogen) atoms. The summed E-state index contributed by atoms with van der Waals surface area (Å²) in [7, 11) is -3.29. The topological polar surface area (TPSA) is 78.7 Å². The SMILES string of the molecule is CS(=O)(=O)N1CCN(c2cc3cn(-c4cc(O)c(F)c(C(F)(F)F)c4)nc3cc2Cl)CC1. The number of piperazine rings is 1. The van der Waals surface area contributed by atoms with Gasteiger partial charge in [0, 0.05) is 43.8 Å². The maximum Gasteiger partial charge on any atom is 0.419 e. The van der Waals surface area contributed by atoms with Crippen LogP contribution in [0.5, 0.6) is 5.75 Å². The van der Waals surface area contributed by atoms with E-state index in [1.165, 1.54) is 10.5 Å². The van der Waals surface area contributed by atoms with Gasteiger partial charge in [0.2, 0.25) is 10.0 Å². The van der Waals surface area contributed by atoms with Crippen molar-refractivity contribution in [3.63, 3.8) is 0 Å². The number of phenols is 1. The summed E-state index contributed by atoms with van der Waals surface area (Å²) in [5.74, 6) is -2.90. The number of aromatic nitrogens is 2. The summed E-state index contributed by atoms with van der Waals surface area (Å²) in [5.41, 5.74) is -0.767. The number of nitrogens with zero attached hydrogens (tertiary/aromatic N) is 4. The van der Waals surface area contributed by atoms with E-state index in [4.69, 9.17) is 11.6 Å². The van der Waals surface area contributed by atoms with Crippen LogP contribution in [0.2, 0.25) is 5.02 Å². The molecule has 0 radical (unpaired) electrons. The van der Waals surface area contributed by atoms with Crippen LogP contribution in [0.3, 0.4) is 0 Å². The summed E-state index contributed by atoms with van der Waals surface area (Å²) in [4.78, 5) is 1.91.